The van der Waals surface area contributed by atoms with Gasteiger partial charge < -0.3 is 5.11 Å². The Morgan fingerprint density at radius 2 is 1.50 bits per heavy atom. The largest absolute Gasteiger partial charge is 0.512 e. The molecule has 1 aromatic heterocycles. The molecule has 0 saturated heterocycles. The summed E-state index contributed by atoms with van der Waals surface area (Å²) in [5, 5.41) is 8.70. The van der Waals surface area contributed by atoms with Gasteiger partial charge in [-0.1, -0.05) is 4.13 Å². The summed E-state index contributed by atoms with van der Waals surface area (Å²) >= 11 is 0. The number of nitrogens with zero attached hydrogens (tertiary/aromatic N) is 2. The summed E-state index contributed by atoms with van der Waals surface area (Å²) in [7, 11) is -13.2. The summed E-state index contributed by atoms with van der Waals surface area (Å²) in [5.41, 5.74) is -12.3. The molecule has 0 saturated carbocycles. The van der Waals surface area contributed by atoms with Crippen molar-refractivity contribution in [2.75, 3.05) is 6.61 Å². The molecule has 0 radical (unpaired) electrons. The van der Waals surface area contributed by atoms with Gasteiger partial charge in [0, 0.05) is 6.92 Å². The minimum atomic E-state index is -6.60. The quantitative estimate of drug-likeness (QED) is 0.512. The van der Waals surface area contributed by atoms with Crippen molar-refractivity contribution in [2.24, 2.45) is 0 Å². The van der Waals surface area contributed by atoms with E-state index in [9.17, 15) is 43.2 Å². The van der Waals surface area contributed by atoms with Gasteiger partial charge in [0.05, 0.1) is 13.2 Å². The molecular weight excluding hydrogens is 420 g/mol. The molecule has 0 atom stereocenters. The van der Waals surface area contributed by atoms with Crippen molar-refractivity contribution < 1.29 is 52.9 Å². The minimum absolute atomic E-state index is 0.208. The number of sulfonamides is 2. The van der Waals surface area contributed by atoms with E-state index in [0.717, 1.165) is 6.54 Å². The van der Waals surface area contributed by atoms with Gasteiger partial charge in [-0.3, -0.25) is 0 Å². The van der Waals surface area contributed by atoms with Crippen LogP contribution in [-0.2, 0) is 33.1 Å². The number of halogens is 6. The average Bonchev–Trinajstić information content (AvgIpc) is 2.77. The molecule has 0 aliphatic rings. The van der Waals surface area contributed by atoms with Crippen molar-refractivity contribution in [3.8, 4) is 0 Å². The predicted octanol–water partition coefficient (Wildman–Crippen LogP) is 0.371. The maximum Gasteiger partial charge on any atom is 0.512 e. The van der Waals surface area contributed by atoms with Crippen LogP contribution in [0.1, 0.15) is 12.7 Å². The van der Waals surface area contributed by atoms with Crippen LogP contribution in [-0.4, -0.2) is 44.1 Å². The second-order valence-corrected chi connectivity index (χ2v) is 8.14. The smallest absolute Gasteiger partial charge is 0.392 e. The third kappa shape index (κ3) is 6.40. The Bertz CT molecular complexity index is 756. The van der Waals surface area contributed by atoms with E-state index in [0.29, 0.717) is 6.54 Å². The number of alkyl halides is 6. The van der Waals surface area contributed by atoms with Gasteiger partial charge in [0.1, 0.15) is 18.9 Å². The van der Waals surface area contributed by atoms with Crippen LogP contribution >= 0.6 is 0 Å². The molecule has 0 aromatic carbocycles. The molecule has 0 aliphatic carbocycles. The van der Waals surface area contributed by atoms with E-state index in [1.807, 2.05) is 17.0 Å². The third-order valence-electron chi connectivity index (χ3n) is 2.77. The Hall–Kier alpha value is -1.39. The first kappa shape index (κ1) is 24.6. The number of aryl methyl sites for hydroxylation is 1. The van der Waals surface area contributed by atoms with Gasteiger partial charge in [-0.05, 0) is 6.92 Å². The van der Waals surface area contributed by atoms with Gasteiger partial charge in [-0.25, -0.2) is 26.0 Å². The molecule has 1 heterocycles. The van der Waals surface area contributed by atoms with Crippen LogP contribution < -0.4 is 8.69 Å². The monoisotopic (exact) mass is 436 g/mol. The standard InChI is InChI=1S/C8H15N2O.C2HF6NO4S2/c1-3-9-4-5-10(6-7-11)8(9)2;3-1(4,5)14(10,11)9-15(12,13)2(6,7)8/h4-5,11H,3,6-7H2,1-2H3;9H/q+1;. The Kier molecular flexibility index (Phi) is 8.08. The summed E-state index contributed by atoms with van der Waals surface area (Å²) < 4.78 is 113. The fraction of sp³-hybridized carbons (Fsp3) is 0.700. The van der Waals surface area contributed by atoms with Crippen molar-refractivity contribution >= 4 is 20.0 Å². The molecule has 0 unspecified atom stereocenters. The van der Waals surface area contributed by atoms with Crippen molar-refractivity contribution in [1.82, 2.24) is 8.69 Å². The normalized spacial score (nSPS) is 13.3. The Morgan fingerprint density at radius 3 is 1.77 bits per heavy atom. The van der Waals surface area contributed by atoms with Gasteiger partial charge in [0.2, 0.25) is 0 Å². The number of hydrogen-bond acceptors (Lipinski definition) is 5. The van der Waals surface area contributed by atoms with Crippen LogP contribution in [0.15, 0.2) is 12.4 Å². The molecule has 0 bridgehead atoms. The fourth-order valence-electron chi connectivity index (χ4n) is 1.46. The molecule has 0 aliphatic heterocycles. The molecule has 0 amide bonds. The molecule has 16 heteroatoms. The first-order valence-corrected chi connectivity index (χ1v) is 9.54. The second-order valence-electron chi connectivity index (χ2n) is 4.53. The summed E-state index contributed by atoms with van der Waals surface area (Å²) in [6.07, 6.45) is 4.03. The van der Waals surface area contributed by atoms with Crippen molar-refractivity contribution in [2.45, 2.75) is 38.0 Å². The number of aromatic nitrogens is 2. The lowest BCUT2D eigenvalue weighted by atomic mass is 10.6. The number of aliphatic hydroxyl groups excluding tert-OH is 1. The molecule has 154 valence electrons. The highest BCUT2D eigenvalue weighted by atomic mass is 32.3. The van der Waals surface area contributed by atoms with E-state index in [1.54, 1.807) is 0 Å². The summed E-state index contributed by atoms with van der Waals surface area (Å²) in [6, 6.07) is 0. The van der Waals surface area contributed by atoms with Gasteiger partial charge in [-0.15, -0.1) is 0 Å². The highest BCUT2D eigenvalue weighted by Crippen LogP contribution is 2.27. The molecule has 2 N–H and O–H groups in total. The van der Waals surface area contributed by atoms with Gasteiger partial charge in [0.15, 0.2) is 0 Å². The van der Waals surface area contributed by atoms with Gasteiger partial charge >= 0.3 is 31.1 Å². The van der Waals surface area contributed by atoms with E-state index in [-0.39, 0.29) is 6.61 Å². The zero-order valence-electron chi connectivity index (χ0n) is 13.3. The Morgan fingerprint density at radius 1 is 1.08 bits per heavy atom. The second kappa shape index (κ2) is 8.53. The highest BCUT2D eigenvalue weighted by Gasteiger charge is 2.55. The Balaban J connectivity index is 0.000000502. The van der Waals surface area contributed by atoms with Gasteiger partial charge in [0.25, 0.3) is 5.82 Å². The van der Waals surface area contributed by atoms with Gasteiger partial charge in [-0.2, -0.15) is 26.3 Å². The number of aliphatic hydroxyl groups is 1. The molecule has 8 nitrogen and oxygen atoms in total. The van der Waals surface area contributed by atoms with Crippen LogP contribution in [0.25, 0.3) is 0 Å². The van der Waals surface area contributed by atoms with Crippen molar-refractivity contribution in [1.29, 1.82) is 0 Å². The first-order chi connectivity index (χ1) is 11.5. The van der Waals surface area contributed by atoms with E-state index in [1.165, 1.54) is 5.82 Å². The number of hydrogen-bond donors (Lipinski definition) is 2. The maximum absolute atomic E-state index is 11.5. The summed E-state index contributed by atoms with van der Waals surface area (Å²) in [6.45, 7) is 6.05. The van der Waals surface area contributed by atoms with E-state index in [4.69, 9.17) is 5.11 Å². The molecule has 26 heavy (non-hydrogen) atoms. The summed E-state index contributed by atoms with van der Waals surface area (Å²) in [5.74, 6) is 1.20. The van der Waals surface area contributed by atoms with Crippen molar-refractivity contribution in [3.05, 3.63) is 18.2 Å². The molecule has 1 rings (SSSR count). The molecule has 1 aromatic rings. The molecular formula is C10H16F6N3O5S2+. The van der Waals surface area contributed by atoms with E-state index in [2.05, 4.69) is 18.4 Å². The molecule has 0 fully saturated rings. The zero-order chi connectivity index (χ0) is 21.0. The SMILES string of the molecule is CCn1cc[n+](CCO)c1C.O=S(=O)(NS(=O)(=O)C(F)(F)F)C(F)(F)F. The number of imidazole rings is 1. The first-order valence-electron chi connectivity index (χ1n) is 6.57. The predicted molar refractivity (Wildman–Crippen MR) is 75.2 cm³/mol. The van der Waals surface area contributed by atoms with Crippen LogP contribution in [0.4, 0.5) is 26.3 Å². The molecule has 0 spiro atoms. The average molecular weight is 436 g/mol. The zero-order valence-corrected chi connectivity index (χ0v) is 15.0. The lowest BCUT2D eigenvalue weighted by molar-refractivity contribution is -0.703. The van der Waals surface area contributed by atoms with Crippen LogP contribution in [0.2, 0.25) is 0 Å². The Labute approximate surface area is 145 Å². The number of rotatable bonds is 5. The highest BCUT2D eigenvalue weighted by molar-refractivity contribution is 8.05. The van der Waals surface area contributed by atoms with E-state index < -0.39 is 35.2 Å². The minimum Gasteiger partial charge on any atom is -0.392 e. The topological polar surface area (TPSA) is 109 Å². The maximum atomic E-state index is 11.5. The van der Waals surface area contributed by atoms with Crippen LogP contribution in [0.5, 0.6) is 0 Å². The third-order valence-corrected chi connectivity index (χ3v) is 5.74. The van der Waals surface area contributed by atoms with Crippen molar-refractivity contribution in [3.63, 3.8) is 0 Å². The lowest BCUT2D eigenvalue weighted by Crippen LogP contribution is -2.45. The van der Waals surface area contributed by atoms with Crippen LogP contribution in [0.3, 0.4) is 0 Å². The lowest BCUT2D eigenvalue weighted by Gasteiger charge is -2.11. The van der Waals surface area contributed by atoms with E-state index >= 15 is 0 Å². The number of nitrogens with one attached hydrogen (secondary N) is 1. The fourth-order valence-corrected chi connectivity index (χ4v) is 3.37. The summed E-state index contributed by atoms with van der Waals surface area (Å²) in [4.78, 5) is 0. The van der Waals surface area contributed by atoms with Crippen LogP contribution in [0, 0.1) is 6.92 Å².